The molecule has 0 aromatic heterocycles. The molecule has 0 bridgehead atoms. The van der Waals surface area contributed by atoms with Gasteiger partial charge in [0, 0.05) is 37.1 Å². The molecule has 3 nitrogen and oxygen atoms in total. The van der Waals surface area contributed by atoms with Crippen LogP contribution in [0.3, 0.4) is 0 Å². The normalized spacial score (nSPS) is 16.6. The number of piperazine rings is 1. The summed E-state index contributed by atoms with van der Waals surface area (Å²) in [6, 6.07) is 10.6. The maximum absolute atomic E-state index is 13.8. The smallest absolute Gasteiger partial charge is 0.131 e. The average Bonchev–Trinajstić information content (AvgIpc) is 2.48. The second-order valence-electron chi connectivity index (χ2n) is 5.28. The van der Waals surface area contributed by atoms with Gasteiger partial charge in [-0.2, -0.15) is 0 Å². The van der Waals surface area contributed by atoms with E-state index in [1.807, 2.05) is 18.2 Å². The highest BCUT2D eigenvalue weighted by molar-refractivity contribution is 6.08. The number of rotatable bonds is 1. The average molecular weight is 271 g/mol. The molecule has 0 saturated carbocycles. The van der Waals surface area contributed by atoms with Crippen LogP contribution in [0, 0.1) is 11.2 Å². The lowest BCUT2D eigenvalue weighted by Crippen LogP contribution is -2.47. The molecule has 1 aliphatic rings. The van der Waals surface area contributed by atoms with E-state index in [2.05, 4.69) is 16.8 Å². The summed E-state index contributed by atoms with van der Waals surface area (Å²) in [4.78, 5) is 4.33. The highest BCUT2D eigenvalue weighted by Gasteiger charge is 2.19. The summed E-state index contributed by atoms with van der Waals surface area (Å²) in [5.74, 6) is 0.268. The summed E-state index contributed by atoms with van der Waals surface area (Å²) < 4.78 is 13.8. The van der Waals surface area contributed by atoms with Crippen LogP contribution in [0.5, 0.6) is 0 Å². The number of halogens is 1. The molecule has 1 N–H and O–H groups in total. The van der Waals surface area contributed by atoms with Crippen molar-refractivity contribution in [3.63, 3.8) is 0 Å². The molecule has 0 unspecified atom stereocenters. The molecule has 104 valence electrons. The van der Waals surface area contributed by atoms with E-state index < -0.39 is 0 Å². The summed E-state index contributed by atoms with van der Waals surface area (Å²) >= 11 is 0. The molecule has 4 heteroatoms. The first kappa shape index (κ1) is 13.1. The first-order valence-corrected chi connectivity index (χ1v) is 6.86. The Labute approximate surface area is 118 Å². The predicted octanol–water partition coefficient (Wildman–Crippen LogP) is 2.55. The van der Waals surface area contributed by atoms with Gasteiger partial charge in [0.1, 0.15) is 11.7 Å². The summed E-state index contributed by atoms with van der Waals surface area (Å²) in [5, 5.41) is 9.83. The minimum Gasteiger partial charge on any atom is -0.354 e. The second kappa shape index (κ2) is 5.21. The van der Waals surface area contributed by atoms with Gasteiger partial charge in [0.05, 0.1) is 0 Å². The van der Waals surface area contributed by atoms with Gasteiger partial charge in [0.15, 0.2) is 0 Å². The fourth-order valence-electron chi connectivity index (χ4n) is 2.67. The Bertz CT molecular complexity index is 645. The highest BCUT2D eigenvalue weighted by Crippen LogP contribution is 2.23. The lowest BCUT2D eigenvalue weighted by molar-refractivity contribution is 0.215. The quantitative estimate of drug-likeness (QED) is 0.638. The van der Waals surface area contributed by atoms with Gasteiger partial charge >= 0.3 is 0 Å². The fraction of sp³-hybridized carbons (Fsp3) is 0.312. The number of amidine groups is 1. The van der Waals surface area contributed by atoms with E-state index in [-0.39, 0.29) is 5.82 Å². The van der Waals surface area contributed by atoms with E-state index in [4.69, 9.17) is 5.41 Å². The summed E-state index contributed by atoms with van der Waals surface area (Å²) in [6.45, 7) is 3.62. The molecule has 1 aliphatic heterocycles. The van der Waals surface area contributed by atoms with E-state index in [0.717, 1.165) is 37.1 Å². The van der Waals surface area contributed by atoms with Crippen molar-refractivity contribution in [1.82, 2.24) is 9.80 Å². The number of benzene rings is 2. The summed E-state index contributed by atoms with van der Waals surface area (Å²) in [5.41, 5.74) is 0.812. The number of hydrogen-bond acceptors (Lipinski definition) is 2. The number of fused-ring (bicyclic) bond motifs is 1. The fourth-order valence-corrected chi connectivity index (χ4v) is 2.67. The zero-order valence-electron chi connectivity index (χ0n) is 11.6. The summed E-state index contributed by atoms with van der Waals surface area (Å²) in [7, 11) is 2.09. The van der Waals surface area contributed by atoms with E-state index in [0.29, 0.717) is 11.2 Å². The Morgan fingerprint density at radius 2 is 1.65 bits per heavy atom. The number of hydrogen-bond donors (Lipinski definition) is 1. The van der Waals surface area contributed by atoms with Gasteiger partial charge in [0.25, 0.3) is 0 Å². The zero-order chi connectivity index (χ0) is 14.1. The first-order valence-electron chi connectivity index (χ1n) is 6.86. The van der Waals surface area contributed by atoms with Crippen LogP contribution in [0.15, 0.2) is 36.4 Å². The predicted molar refractivity (Wildman–Crippen MR) is 79.8 cm³/mol. The summed E-state index contributed by atoms with van der Waals surface area (Å²) in [6.07, 6.45) is 0. The zero-order valence-corrected chi connectivity index (χ0v) is 11.6. The molecular formula is C16H18FN3. The van der Waals surface area contributed by atoms with E-state index in [9.17, 15) is 4.39 Å². The molecule has 1 heterocycles. The molecule has 1 fully saturated rings. The van der Waals surface area contributed by atoms with E-state index in [1.165, 1.54) is 6.07 Å². The topological polar surface area (TPSA) is 30.3 Å². The van der Waals surface area contributed by atoms with Crippen molar-refractivity contribution in [2.45, 2.75) is 0 Å². The van der Waals surface area contributed by atoms with E-state index >= 15 is 0 Å². The van der Waals surface area contributed by atoms with Crippen molar-refractivity contribution < 1.29 is 4.39 Å². The van der Waals surface area contributed by atoms with Gasteiger partial charge < -0.3 is 9.80 Å². The van der Waals surface area contributed by atoms with Crippen molar-refractivity contribution in [2.75, 3.05) is 33.2 Å². The molecule has 1 saturated heterocycles. The van der Waals surface area contributed by atoms with Gasteiger partial charge in [-0.1, -0.05) is 24.3 Å². The monoisotopic (exact) mass is 271 g/mol. The Hall–Kier alpha value is -1.94. The third kappa shape index (κ3) is 2.27. The van der Waals surface area contributed by atoms with Crippen LogP contribution in [0.25, 0.3) is 10.8 Å². The van der Waals surface area contributed by atoms with Crippen LogP contribution < -0.4 is 0 Å². The maximum Gasteiger partial charge on any atom is 0.131 e. The van der Waals surface area contributed by atoms with Crippen LogP contribution in [-0.2, 0) is 0 Å². The van der Waals surface area contributed by atoms with Gasteiger partial charge in [-0.15, -0.1) is 0 Å². The van der Waals surface area contributed by atoms with Gasteiger partial charge in [-0.25, -0.2) is 4.39 Å². The third-order valence-electron chi connectivity index (χ3n) is 3.95. The van der Waals surface area contributed by atoms with Crippen molar-refractivity contribution in [2.24, 2.45) is 0 Å². The molecule has 3 rings (SSSR count). The van der Waals surface area contributed by atoms with Crippen molar-refractivity contribution in [3.05, 3.63) is 47.8 Å². The molecule has 0 aliphatic carbocycles. The highest BCUT2D eigenvalue weighted by atomic mass is 19.1. The number of nitrogens with zero attached hydrogens (tertiary/aromatic N) is 2. The van der Waals surface area contributed by atoms with Crippen molar-refractivity contribution in [3.8, 4) is 0 Å². The molecule has 0 amide bonds. The lowest BCUT2D eigenvalue weighted by atomic mass is 10.0. The SMILES string of the molecule is CN1CCN(C(=N)c2ccc(F)c3ccccc23)CC1. The molecular weight excluding hydrogens is 253 g/mol. The van der Waals surface area contributed by atoms with E-state index in [1.54, 1.807) is 12.1 Å². The molecule has 0 spiro atoms. The molecule has 0 radical (unpaired) electrons. The number of likely N-dealkylation sites (N-methyl/N-ethyl adjacent to an activating group) is 1. The van der Waals surface area contributed by atoms with Crippen LogP contribution in [0.4, 0.5) is 4.39 Å². The van der Waals surface area contributed by atoms with Crippen LogP contribution in [-0.4, -0.2) is 48.9 Å². The van der Waals surface area contributed by atoms with Gasteiger partial charge in [0.2, 0.25) is 0 Å². The third-order valence-corrected chi connectivity index (χ3v) is 3.95. The maximum atomic E-state index is 13.8. The van der Waals surface area contributed by atoms with Gasteiger partial charge in [-0.05, 0) is 24.6 Å². The largest absolute Gasteiger partial charge is 0.354 e. The minimum atomic E-state index is -0.226. The van der Waals surface area contributed by atoms with Crippen LogP contribution >= 0.6 is 0 Å². The van der Waals surface area contributed by atoms with Crippen LogP contribution in [0.2, 0.25) is 0 Å². The second-order valence-corrected chi connectivity index (χ2v) is 5.28. The minimum absolute atomic E-state index is 0.226. The van der Waals surface area contributed by atoms with Crippen molar-refractivity contribution >= 4 is 16.6 Å². The van der Waals surface area contributed by atoms with Crippen LogP contribution in [0.1, 0.15) is 5.56 Å². The van der Waals surface area contributed by atoms with Gasteiger partial charge in [-0.3, -0.25) is 5.41 Å². The lowest BCUT2D eigenvalue weighted by Gasteiger charge is -2.34. The molecule has 0 atom stereocenters. The van der Waals surface area contributed by atoms with Crippen molar-refractivity contribution in [1.29, 1.82) is 5.41 Å². The molecule has 20 heavy (non-hydrogen) atoms. The Balaban J connectivity index is 1.98. The molecule has 2 aromatic rings. The number of nitrogens with one attached hydrogen (secondary N) is 1. The standard InChI is InChI=1S/C16H18FN3/c1-19-8-10-20(11-9-19)16(18)14-6-7-15(17)13-5-3-2-4-12(13)14/h2-7,18H,8-11H2,1H3. The Kier molecular flexibility index (Phi) is 3.40. The first-order chi connectivity index (χ1) is 9.66. The Morgan fingerprint density at radius 3 is 2.35 bits per heavy atom. The Morgan fingerprint density at radius 1 is 1.00 bits per heavy atom. The molecule has 2 aromatic carbocycles.